The Bertz CT molecular complexity index is 1750. The van der Waals surface area contributed by atoms with E-state index in [2.05, 4.69) is 9.97 Å². The summed E-state index contributed by atoms with van der Waals surface area (Å²) in [5, 5.41) is 2.97. The van der Waals surface area contributed by atoms with E-state index in [1.165, 1.54) is 22.8 Å². The Morgan fingerprint density at radius 3 is 2.54 bits per heavy atom. The maximum atomic E-state index is 13.4. The number of pyridine rings is 3. The normalized spacial score (nSPS) is 13.1. The monoisotopic (exact) mass is 471 g/mol. The van der Waals surface area contributed by atoms with Crippen LogP contribution in [0.15, 0.2) is 83.9 Å². The number of para-hydroxylation sites is 1. The second-order valence-electron chi connectivity index (χ2n) is 8.15. The minimum Gasteiger partial charge on any atom is -0.276 e. The molecule has 174 valence electrons. The predicted octanol–water partition coefficient (Wildman–Crippen LogP) is 4.78. The molecule has 0 unspecified atom stereocenters. The minimum absolute atomic E-state index is 0.144. The fourth-order valence-corrected chi connectivity index (χ4v) is 4.22. The first kappa shape index (κ1) is 22.5. The number of hydrogen-bond acceptors (Lipinski definition) is 3. The minimum atomic E-state index is -4.52. The SMILES string of the molecule is C/C=c1/ncc2ccc(=O)n(-c3cccc(C(F)(F)F)c3)c2/c1=C/Cc1cnc2ccccc2c1. The summed E-state index contributed by atoms with van der Waals surface area (Å²) in [4.78, 5) is 22.0. The second-order valence-corrected chi connectivity index (χ2v) is 8.15. The van der Waals surface area contributed by atoms with Gasteiger partial charge in [0.25, 0.3) is 5.56 Å². The van der Waals surface area contributed by atoms with Crippen molar-refractivity contribution in [2.45, 2.75) is 19.5 Å². The topological polar surface area (TPSA) is 47.8 Å². The zero-order chi connectivity index (χ0) is 24.6. The molecule has 0 amide bonds. The summed E-state index contributed by atoms with van der Waals surface area (Å²) in [5.41, 5.74) is 1.27. The molecule has 0 aliphatic carbocycles. The zero-order valence-corrected chi connectivity index (χ0v) is 18.8. The van der Waals surface area contributed by atoms with Crippen molar-refractivity contribution in [3.05, 3.63) is 111 Å². The van der Waals surface area contributed by atoms with E-state index in [1.807, 2.05) is 49.4 Å². The first-order valence-corrected chi connectivity index (χ1v) is 11.0. The van der Waals surface area contributed by atoms with Crippen LogP contribution in [0.4, 0.5) is 13.2 Å². The zero-order valence-electron chi connectivity index (χ0n) is 18.8. The number of halogens is 3. The molecule has 0 N–H and O–H groups in total. The molecule has 5 rings (SSSR count). The van der Waals surface area contributed by atoms with Gasteiger partial charge in [-0.1, -0.05) is 36.4 Å². The second kappa shape index (κ2) is 8.83. The number of nitrogens with zero attached hydrogens (tertiary/aromatic N) is 3. The van der Waals surface area contributed by atoms with Crippen LogP contribution >= 0.6 is 0 Å². The highest BCUT2D eigenvalue weighted by molar-refractivity contribution is 5.82. The lowest BCUT2D eigenvalue weighted by Crippen LogP contribution is -2.33. The van der Waals surface area contributed by atoms with E-state index in [4.69, 9.17) is 0 Å². The van der Waals surface area contributed by atoms with Gasteiger partial charge in [-0.05, 0) is 55.3 Å². The van der Waals surface area contributed by atoms with Gasteiger partial charge in [0.05, 0.1) is 21.9 Å². The standard InChI is InChI=1S/C28H20F3N3O/c1-2-24-23(12-10-18-14-19-6-3-4-9-25(19)32-16-18)27-20(17-33-24)11-13-26(35)34(27)22-8-5-7-21(15-22)28(29,30)31/h2-9,11-17H,10H2,1H3/b23-12+,24-2+. The Hall–Kier alpha value is -4.26. The van der Waals surface area contributed by atoms with Gasteiger partial charge in [0.2, 0.25) is 0 Å². The first-order chi connectivity index (χ1) is 16.8. The van der Waals surface area contributed by atoms with Crippen LogP contribution in [-0.2, 0) is 12.6 Å². The summed E-state index contributed by atoms with van der Waals surface area (Å²) in [7, 11) is 0. The quantitative estimate of drug-likeness (QED) is 0.381. The molecule has 0 fully saturated rings. The summed E-state index contributed by atoms with van der Waals surface area (Å²) >= 11 is 0. The highest BCUT2D eigenvalue weighted by Crippen LogP contribution is 2.30. The van der Waals surface area contributed by atoms with Crippen LogP contribution in [0.25, 0.3) is 39.6 Å². The Morgan fingerprint density at radius 1 is 0.914 bits per heavy atom. The van der Waals surface area contributed by atoms with Crippen LogP contribution in [0.3, 0.4) is 0 Å². The summed E-state index contributed by atoms with van der Waals surface area (Å²) in [5.74, 6) is 0. The third kappa shape index (κ3) is 4.33. The van der Waals surface area contributed by atoms with Gasteiger partial charge >= 0.3 is 6.18 Å². The van der Waals surface area contributed by atoms with Crippen LogP contribution in [-0.4, -0.2) is 14.5 Å². The molecule has 2 aromatic carbocycles. The lowest BCUT2D eigenvalue weighted by atomic mass is 10.1. The van der Waals surface area contributed by atoms with Crippen LogP contribution in [0, 0.1) is 0 Å². The van der Waals surface area contributed by atoms with E-state index in [-0.39, 0.29) is 5.69 Å². The Kier molecular flexibility index (Phi) is 5.68. The van der Waals surface area contributed by atoms with Crippen LogP contribution in [0.2, 0.25) is 0 Å². The van der Waals surface area contributed by atoms with Gasteiger partial charge in [-0.15, -0.1) is 0 Å². The molecule has 5 aromatic rings. The van der Waals surface area contributed by atoms with Crippen LogP contribution in [0.5, 0.6) is 0 Å². The average Bonchev–Trinajstić information content (AvgIpc) is 2.86. The highest BCUT2D eigenvalue weighted by atomic mass is 19.4. The van der Waals surface area contributed by atoms with Crippen molar-refractivity contribution >= 4 is 34.0 Å². The molecule has 4 nitrogen and oxygen atoms in total. The third-order valence-corrected chi connectivity index (χ3v) is 5.89. The molecule has 0 saturated carbocycles. The van der Waals surface area contributed by atoms with Crippen LogP contribution < -0.4 is 16.1 Å². The van der Waals surface area contributed by atoms with Crippen molar-refractivity contribution < 1.29 is 13.2 Å². The van der Waals surface area contributed by atoms with Gasteiger partial charge in [-0.3, -0.25) is 19.3 Å². The van der Waals surface area contributed by atoms with Crippen molar-refractivity contribution in [2.24, 2.45) is 0 Å². The molecule has 0 atom stereocenters. The molecule has 0 saturated heterocycles. The number of aromatic nitrogens is 3. The van der Waals surface area contributed by atoms with Gasteiger partial charge < -0.3 is 0 Å². The Labute approximate surface area is 198 Å². The van der Waals surface area contributed by atoms with Crippen molar-refractivity contribution in [2.75, 3.05) is 0 Å². The van der Waals surface area contributed by atoms with Crippen molar-refractivity contribution in [1.82, 2.24) is 14.5 Å². The largest absolute Gasteiger partial charge is 0.416 e. The molecule has 0 spiro atoms. The number of hydrogen-bond donors (Lipinski definition) is 0. The molecular formula is C28H20F3N3O. The van der Waals surface area contributed by atoms with E-state index >= 15 is 0 Å². The fraction of sp³-hybridized carbons (Fsp3) is 0.107. The molecular weight excluding hydrogens is 451 g/mol. The lowest BCUT2D eigenvalue weighted by molar-refractivity contribution is -0.137. The molecule has 0 bridgehead atoms. The first-order valence-electron chi connectivity index (χ1n) is 11.0. The maximum absolute atomic E-state index is 13.4. The average molecular weight is 471 g/mol. The number of benzene rings is 2. The summed E-state index contributed by atoms with van der Waals surface area (Å²) in [6, 6.07) is 17.6. The number of rotatable bonds is 3. The van der Waals surface area contributed by atoms with Gasteiger partial charge in [0, 0.05) is 40.1 Å². The van der Waals surface area contributed by atoms with Gasteiger partial charge in [-0.25, -0.2) is 0 Å². The molecule has 3 heterocycles. The van der Waals surface area contributed by atoms with Gasteiger partial charge in [0.15, 0.2) is 0 Å². The number of alkyl halides is 3. The third-order valence-electron chi connectivity index (χ3n) is 5.89. The molecule has 35 heavy (non-hydrogen) atoms. The van der Waals surface area contributed by atoms with Gasteiger partial charge in [-0.2, -0.15) is 13.2 Å². The smallest absolute Gasteiger partial charge is 0.276 e. The van der Waals surface area contributed by atoms with E-state index in [0.29, 0.717) is 27.9 Å². The van der Waals surface area contributed by atoms with Crippen molar-refractivity contribution in [3.63, 3.8) is 0 Å². The Morgan fingerprint density at radius 2 is 1.74 bits per heavy atom. The van der Waals surface area contributed by atoms with E-state index in [0.717, 1.165) is 28.6 Å². The number of fused-ring (bicyclic) bond motifs is 2. The molecule has 7 heteroatoms. The van der Waals surface area contributed by atoms with Crippen molar-refractivity contribution in [3.8, 4) is 5.69 Å². The predicted molar refractivity (Wildman–Crippen MR) is 132 cm³/mol. The summed E-state index contributed by atoms with van der Waals surface area (Å²) < 4.78 is 41.5. The van der Waals surface area contributed by atoms with Crippen LogP contribution in [0.1, 0.15) is 18.1 Å². The molecule has 0 radical (unpaired) electrons. The highest BCUT2D eigenvalue weighted by Gasteiger charge is 2.30. The van der Waals surface area contributed by atoms with Crippen molar-refractivity contribution in [1.29, 1.82) is 0 Å². The maximum Gasteiger partial charge on any atom is 0.416 e. The lowest BCUT2D eigenvalue weighted by Gasteiger charge is -2.14. The molecule has 3 aromatic heterocycles. The van der Waals surface area contributed by atoms with E-state index in [9.17, 15) is 18.0 Å². The molecule has 0 aliphatic heterocycles. The van der Waals surface area contributed by atoms with E-state index in [1.54, 1.807) is 18.5 Å². The Balaban J connectivity index is 1.76. The fourth-order valence-electron chi connectivity index (χ4n) is 4.22. The van der Waals surface area contributed by atoms with Gasteiger partial charge in [0.1, 0.15) is 0 Å². The van der Waals surface area contributed by atoms with E-state index < -0.39 is 17.3 Å². The summed E-state index contributed by atoms with van der Waals surface area (Å²) in [6.07, 6.45) is 3.17. The molecule has 0 aliphatic rings. The summed E-state index contributed by atoms with van der Waals surface area (Å²) in [6.45, 7) is 1.83.